The largest absolute Gasteiger partial charge is 0.465 e. The normalized spacial score (nSPS) is 11.1. The topological polar surface area (TPSA) is 72.5 Å². The number of aryl methyl sites for hydroxylation is 1. The average molecular weight is 398 g/mol. The van der Waals surface area contributed by atoms with E-state index in [4.69, 9.17) is 0 Å². The lowest BCUT2D eigenvalue weighted by Crippen LogP contribution is -2.16. The number of hydrogen-bond acceptors (Lipinski definition) is 4. The zero-order valence-electron chi connectivity index (χ0n) is 12.7. The summed E-state index contributed by atoms with van der Waals surface area (Å²) in [5.41, 5.74) is 1.35. The van der Waals surface area contributed by atoms with E-state index in [1.54, 1.807) is 18.2 Å². The summed E-state index contributed by atoms with van der Waals surface area (Å²) >= 11 is 3.25. The molecule has 2 aromatic rings. The number of carbonyl (C=O) groups is 1. The number of benzene rings is 2. The number of sulfonamides is 1. The van der Waals surface area contributed by atoms with Gasteiger partial charge in [0.15, 0.2) is 0 Å². The molecule has 0 unspecified atom stereocenters. The molecule has 0 bridgehead atoms. The van der Waals surface area contributed by atoms with Gasteiger partial charge in [-0.25, -0.2) is 13.2 Å². The number of hydrogen-bond donors (Lipinski definition) is 1. The van der Waals surface area contributed by atoms with Crippen LogP contribution in [0.5, 0.6) is 0 Å². The Bertz CT molecular complexity index is 816. The fourth-order valence-corrected chi connectivity index (χ4v) is 3.43. The lowest BCUT2D eigenvalue weighted by Gasteiger charge is -2.12. The Balaban J connectivity index is 2.38. The van der Waals surface area contributed by atoms with Gasteiger partial charge in [0.1, 0.15) is 0 Å². The summed E-state index contributed by atoms with van der Waals surface area (Å²) in [4.78, 5) is 11.9. The molecule has 1 N–H and O–H groups in total. The molecule has 23 heavy (non-hydrogen) atoms. The van der Waals surface area contributed by atoms with Crippen LogP contribution in [-0.4, -0.2) is 21.5 Å². The van der Waals surface area contributed by atoms with E-state index >= 15 is 0 Å². The Kier molecular flexibility index (Phi) is 5.43. The van der Waals surface area contributed by atoms with Gasteiger partial charge in [-0.15, -0.1) is 0 Å². The van der Waals surface area contributed by atoms with Crippen LogP contribution in [0.1, 0.15) is 22.8 Å². The maximum Gasteiger partial charge on any atom is 0.340 e. The summed E-state index contributed by atoms with van der Waals surface area (Å²) in [6.07, 6.45) is 0.826. The van der Waals surface area contributed by atoms with Gasteiger partial charge in [-0.05, 0) is 42.3 Å². The van der Waals surface area contributed by atoms with Crippen LogP contribution < -0.4 is 4.72 Å². The van der Waals surface area contributed by atoms with Gasteiger partial charge >= 0.3 is 5.97 Å². The number of nitrogens with one attached hydrogen (secondary N) is 1. The Morgan fingerprint density at radius 2 is 1.83 bits per heavy atom. The Morgan fingerprint density at radius 1 is 1.17 bits per heavy atom. The van der Waals surface area contributed by atoms with E-state index < -0.39 is 16.0 Å². The molecule has 2 aromatic carbocycles. The van der Waals surface area contributed by atoms with Crippen molar-refractivity contribution in [1.82, 2.24) is 0 Å². The summed E-state index contributed by atoms with van der Waals surface area (Å²) in [7, 11) is -2.55. The number of anilines is 1. The fraction of sp³-hybridized carbons (Fsp3) is 0.188. The van der Waals surface area contributed by atoms with Gasteiger partial charge in [-0.2, -0.15) is 0 Å². The van der Waals surface area contributed by atoms with E-state index in [-0.39, 0.29) is 16.1 Å². The lowest BCUT2D eigenvalue weighted by molar-refractivity contribution is 0.0602. The van der Waals surface area contributed by atoms with Crippen molar-refractivity contribution in [2.45, 2.75) is 18.2 Å². The highest BCUT2D eigenvalue weighted by atomic mass is 79.9. The average Bonchev–Trinajstić information content (AvgIpc) is 2.55. The first kappa shape index (κ1) is 17.5. The van der Waals surface area contributed by atoms with E-state index in [2.05, 4.69) is 25.4 Å². The maximum absolute atomic E-state index is 12.5. The minimum Gasteiger partial charge on any atom is -0.465 e. The summed E-state index contributed by atoms with van der Waals surface area (Å²) in [5.74, 6) is -0.620. The third-order valence-electron chi connectivity index (χ3n) is 3.27. The predicted molar refractivity (Wildman–Crippen MR) is 92.1 cm³/mol. The van der Waals surface area contributed by atoms with E-state index in [9.17, 15) is 13.2 Å². The first-order chi connectivity index (χ1) is 10.9. The van der Waals surface area contributed by atoms with Crippen LogP contribution in [0, 0.1) is 0 Å². The number of rotatable bonds is 5. The van der Waals surface area contributed by atoms with Crippen molar-refractivity contribution in [2.24, 2.45) is 0 Å². The van der Waals surface area contributed by atoms with Crippen molar-refractivity contribution in [3.8, 4) is 0 Å². The highest BCUT2D eigenvalue weighted by molar-refractivity contribution is 9.10. The van der Waals surface area contributed by atoms with Gasteiger partial charge in [0.05, 0.1) is 23.3 Å². The van der Waals surface area contributed by atoms with Gasteiger partial charge in [0, 0.05) is 4.47 Å². The van der Waals surface area contributed by atoms with Crippen LogP contribution in [0.4, 0.5) is 5.69 Å². The zero-order chi connectivity index (χ0) is 17.0. The number of ether oxygens (including phenoxy) is 1. The molecule has 0 saturated carbocycles. The molecule has 0 fully saturated rings. The molecule has 0 aliphatic heterocycles. The van der Waals surface area contributed by atoms with Gasteiger partial charge < -0.3 is 4.74 Å². The molecule has 0 aromatic heterocycles. The zero-order valence-corrected chi connectivity index (χ0v) is 15.1. The maximum atomic E-state index is 12.5. The van der Waals surface area contributed by atoms with Crippen LogP contribution >= 0.6 is 15.9 Å². The van der Waals surface area contributed by atoms with Crippen molar-refractivity contribution < 1.29 is 17.9 Å². The molecule has 122 valence electrons. The van der Waals surface area contributed by atoms with Crippen molar-refractivity contribution in [2.75, 3.05) is 11.8 Å². The molecule has 0 radical (unpaired) electrons. The Morgan fingerprint density at radius 3 is 2.39 bits per heavy atom. The Hall–Kier alpha value is -1.86. The third-order valence-corrected chi connectivity index (χ3v) is 5.15. The molecule has 0 spiro atoms. The van der Waals surface area contributed by atoms with E-state index in [1.807, 2.05) is 6.92 Å². The van der Waals surface area contributed by atoms with Crippen LogP contribution in [0.15, 0.2) is 51.8 Å². The minimum absolute atomic E-state index is 0.133. The summed E-state index contributed by atoms with van der Waals surface area (Å²) in [6, 6.07) is 11.3. The van der Waals surface area contributed by atoms with E-state index in [0.29, 0.717) is 4.47 Å². The molecule has 0 heterocycles. The second-order valence-electron chi connectivity index (χ2n) is 4.78. The van der Waals surface area contributed by atoms with Gasteiger partial charge in [-0.3, -0.25) is 4.72 Å². The second-order valence-corrected chi connectivity index (χ2v) is 7.38. The lowest BCUT2D eigenvalue weighted by atomic mass is 10.2. The number of methoxy groups -OCH3 is 1. The summed E-state index contributed by atoms with van der Waals surface area (Å²) < 4.78 is 32.7. The van der Waals surface area contributed by atoms with Crippen molar-refractivity contribution >= 4 is 37.6 Å². The molecule has 0 atom stereocenters. The van der Waals surface area contributed by atoms with Gasteiger partial charge in [0.2, 0.25) is 0 Å². The molecular weight excluding hydrogens is 382 g/mol. The Labute approximate surface area is 143 Å². The summed E-state index contributed by atoms with van der Waals surface area (Å²) in [6.45, 7) is 1.99. The highest BCUT2D eigenvalue weighted by Gasteiger charge is 2.19. The standard InChI is InChI=1S/C16H16BrNO4S/c1-3-11-4-7-13(8-5-11)23(20,21)18-15-9-6-12(17)10-14(15)16(19)22-2/h4-10,18H,3H2,1-2H3. The number of carbonyl (C=O) groups excluding carboxylic acids is 1. The quantitative estimate of drug-likeness (QED) is 0.782. The monoisotopic (exact) mass is 397 g/mol. The van der Waals surface area contributed by atoms with E-state index in [0.717, 1.165) is 12.0 Å². The van der Waals surface area contributed by atoms with Crippen molar-refractivity contribution in [3.63, 3.8) is 0 Å². The predicted octanol–water partition coefficient (Wildman–Crippen LogP) is 3.60. The molecular formula is C16H16BrNO4S. The molecule has 0 amide bonds. The van der Waals surface area contributed by atoms with Gasteiger partial charge in [0.25, 0.3) is 10.0 Å². The second kappa shape index (κ2) is 7.14. The van der Waals surface area contributed by atoms with Crippen molar-refractivity contribution in [3.05, 3.63) is 58.1 Å². The molecule has 5 nitrogen and oxygen atoms in total. The van der Waals surface area contributed by atoms with E-state index in [1.165, 1.54) is 31.4 Å². The molecule has 7 heteroatoms. The third kappa shape index (κ3) is 4.11. The first-order valence-corrected chi connectivity index (χ1v) is 9.14. The van der Waals surface area contributed by atoms with Crippen LogP contribution in [-0.2, 0) is 21.2 Å². The summed E-state index contributed by atoms with van der Waals surface area (Å²) in [5, 5.41) is 0. The smallest absolute Gasteiger partial charge is 0.340 e. The van der Waals surface area contributed by atoms with Crippen LogP contribution in [0.25, 0.3) is 0 Å². The molecule has 0 aliphatic rings. The van der Waals surface area contributed by atoms with Gasteiger partial charge in [-0.1, -0.05) is 35.0 Å². The van der Waals surface area contributed by atoms with Crippen LogP contribution in [0.3, 0.4) is 0 Å². The highest BCUT2D eigenvalue weighted by Crippen LogP contribution is 2.24. The number of esters is 1. The van der Waals surface area contributed by atoms with Crippen LogP contribution in [0.2, 0.25) is 0 Å². The molecule has 2 rings (SSSR count). The number of halogens is 1. The first-order valence-electron chi connectivity index (χ1n) is 6.87. The van der Waals surface area contributed by atoms with Crippen molar-refractivity contribution in [1.29, 1.82) is 0 Å². The molecule has 0 aliphatic carbocycles. The SMILES string of the molecule is CCc1ccc(S(=O)(=O)Nc2ccc(Br)cc2C(=O)OC)cc1. The fourth-order valence-electron chi connectivity index (χ4n) is 1.99. The minimum atomic E-state index is -3.79. The molecule has 0 saturated heterocycles.